The summed E-state index contributed by atoms with van der Waals surface area (Å²) >= 11 is 1.76. The molecule has 1 heterocycles. The van der Waals surface area contributed by atoms with Crippen molar-refractivity contribution in [3.8, 4) is 0 Å². The highest BCUT2D eigenvalue weighted by Crippen LogP contribution is 2.50. The first kappa shape index (κ1) is 23.0. The summed E-state index contributed by atoms with van der Waals surface area (Å²) in [4.78, 5) is 4.82. The molecule has 0 aliphatic heterocycles. The average molecular weight is 424 g/mol. The maximum absolute atomic E-state index is 5.88. The molecule has 30 heavy (non-hydrogen) atoms. The number of hydrogen-bond acceptors (Lipinski definition) is 3. The Morgan fingerprint density at radius 3 is 2.73 bits per heavy atom. The molecule has 3 heteroatoms. The van der Waals surface area contributed by atoms with E-state index in [-0.39, 0.29) is 5.41 Å². The Kier molecular flexibility index (Phi) is 8.07. The van der Waals surface area contributed by atoms with Crippen molar-refractivity contribution in [2.24, 2.45) is 23.2 Å². The minimum atomic E-state index is 0.245. The molecule has 0 amide bonds. The van der Waals surface area contributed by atoms with Gasteiger partial charge in [0.05, 0.1) is 17.3 Å². The summed E-state index contributed by atoms with van der Waals surface area (Å²) in [7, 11) is 0. The summed E-state index contributed by atoms with van der Waals surface area (Å²) in [6, 6.07) is 10.4. The summed E-state index contributed by atoms with van der Waals surface area (Å²) in [6.07, 6.45) is 9.06. The zero-order valence-electron chi connectivity index (χ0n) is 19.1. The topological polar surface area (TPSA) is 22.1 Å². The fraction of sp³-hybridized carbons (Fsp3) is 0.519. The van der Waals surface area contributed by atoms with Crippen LogP contribution in [0.25, 0.3) is 6.08 Å². The van der Waals surface area contributed by atoms with Crippen molar-refractivity contribution in [1.82, 2.24) is 4.98 Å². The predicted molar refractivity (Wildman–Crippen MR) is 130 cm³/mol. The third-order valence-electron chi connectivity index (χ3n) is 6.50. The second kappa shape index (κ2) is 10.5. The van der Waals surface area contributed by atoms with E-state index in [2.05, 4.69) is 76.1 Å². The van der Waals surface area contributed by atoms with Crippen molar-refractivity contribution >= 4 is 17.4 Å². The number of thiazole rings is 1. The van der Waals surface area contributed by atoms with Crippen LogP contribution < -0.4 is 0 Å². The molecule has 0 radical (unpaired) electrons. The third kappa shape index (κ3) is 6.15. The molecule has 0 N–H and O–H groups in total. The van der Waals surface area contributed by atoms with E-state index in [4.69, 9.17) is 9.72 Å². The van der Waals surface area contributed by atoms with Gasteiger partial charge in [-0.05, 0) is 54.1 Å². The van der Waals surface area contributed by atoms with Gasteiger partial charge in [0.15, 0.2) is 0 Å². The summed E-state index contributed by atoms with van der Waals surface area (Å²) in [6.45, 7) is 15.2. The minimum Gasteiger partial charge on any atom is -0.376 e. The summed E-state index contributed by atoms with van der Waals surface area (Å²) in [5, 5.41) is 3.37. The number of rotatable bonds is 10. The van der Waals surface area contributed by atoms with Gasteiger partial charge in [-0.1, -0.05) is 76.3 Å². The van der Waals surface area contributed by atoms with Crippen molar-refractivity contribution < 1.29 is 4.74 Å². The summed E-state index contributed by atoms with van der Waals surface area (Å²) < 4.78 is 5.88. The SMILES string of the molecule is C=C1[C@@H](C(C)C)CC[C@]1(C)C/C=C/c1csc(C[C@@H](C)COCc2ccccc2)n1. The maximum Gasteiger partial charge on any atom is 0.0935 e. The number of nitrogens with zero attached hydrogens (tertiary/aromatic N) is 1. The van der Waals surface area contributed by atoms with E-state index < -0.39 is 0 Å². The van der Waals surface area contributed by atoms with E-state index in [1.54, 1.807) is 11.3 Å². The van der Waals surface area contributed by atoms with Gasteiger partial charge in [-0.15, -0.1) is 11.3 Å². The smallest absolute Gasteiger partial charge is 0.0935 e. The molecule has 0 spiro atoms. The minimum absolute atomic E-state index is 0.245. The molecule has 0 bridgehead atoms. The number of ether oxygens (including phenoxy) is 1. The molecule has 1 saturated carbocycles. The number of benzene rings is 1. The number of aromatic nitrogens is 1. The Morgan fingerprint density at radius 1 is 1.27 bits per heavy atom. The lowest BCUT2D eigenvalue weighted by Crippen LogP contribution is -2.16. The molecule has 0 unspecified atom stereocenters. The molecule has 1 aliphatic rings. The van der Waals surface area contributed by atoms with Gasteiger partial charge in [-0.2, -0.15) is 0 Å². The molecule has 1 aromatic carbocycles. The van der Waals surface area contributed by atoms with Crippen LogP contribution in [0.5, 0.6) is 0 Å². The summed E-state index contributed by atoms with van der Waals surface area (Å²) in [5.41, 5.74) is 4.00. The van der Waals surface area contributed by atoms with Crippen LogP contribution in [0, 0.1) is 23.2 Å². The third-order valence-corrected chi connectivity index (χ3v) is 7.39. The van der Waals surface area contributed by atoms with Gasteiger partial charge >= 0.3 is 0 Å². The standard InChI is InChI=1S/C27H37NOS/c1-20(2)25-13-15-27(5,22(25)4)14-9-12-24-19-30-26(28-24)16-21(3)17-29-18-23-10-7-6-8-11-23/h6-12,19-21,25H,4,13-18H2,1-3,5H3/b12-9+/t21-,25-,27+/m1/s1. The fourth-order valence-electron chi connectivity index (χ4n) is 4.47. The first-order valence-corrected chi connectivity index (χ1v) is 12.2. The van der Waals surface area contributed by atoms with Crippen LogP contribution >= 0.6 is 11.3 Å². The first-order valence-electron chi connectivity index (χ1n) is 11.3. The molecule has 3 rings (SSSR count). The first-order chi connectivity index (χ1) is 14.4. The largest absolute Gasteiger partial charge is 0.376 e. The van der Waals surface area contributed by atoms with Gasteiger partial charge in [0.2, 0.25) is 0 Å². The fourth-order valence-corrected chi connectivity index (χ4v) is 5.40. The van der Waals surface area contributed by atoms with Crippen LogP contribution in [-0.2, 0) is 17.8 Å². The molecule has 2 aromatic rings. The lowest BCUT2D eigenvalue weighted by atomic mass is 9.78. The molecule has 1 aliphatic carbocycles. The number of allylic oxidation sites excluding steroid dienone is 2. The van der Waals surface area contributed by atoms with Crippen LogP contribution in [0.4, 0.5) is 0 Å². The van der Waals surface area contributed by atoms with Gasteiger partial charge < -0.3 is 4.74 Å². The van der Waals surface area contributed by atoms with Crippen molar-refractivity contribution in [2.75, 3.05) is 6.61 Å². The van der Waals surface area contributed by atoms with Gasteiger partial charge in [-0.25, -0.2) is 4.98 Å². The van der Waals surface area contributed by atoms with Gasteiger partial charge in [0, 0.05) is 18.4 Å². The molecular formula is C27H37NOS. The van der Waals surface area contributed by atoms with Crippen LogP contribution in [0.3, 0.4) is 0 Å². The average Bonchev–Trinajstić information content (AvgIpc) is 3.27. The predicted octanol–water partition coefficient (Wildman–Crippen LogP) is 7.57. The van der Waals surface area contributed by atoms with Crippen LogP contribution in [0.1, 0.15) is 63.2 Å². The molecule has 1 fully saturated rings. The van der Waals surface area contributed by atoms with E-state index in [1.165, 1.54) is 29.0 Å². The van der Waals surface area contributed by atoms with E-state index in [9.17, 15) is 0 Å². The van der Waals surface area contributed by atoms with Crippen LogP contribution in [0.15, 0.2) is 53.9 Å². The van der Waals surface area contributed by atoms with Crippen molar-refractivity contribution in [2.45, 2.75) is 60.0 Å². The van der Waals surface area contributed by atoms with Gasteiger partial charge in [0.25, 0.3) is 0 Å². The Morgan fingerprint density at radius 2 is 2.03 bits per heavy atom. The highest BCUT2D eigenvalue weighted by molar-refractivity contribution is 7.09. The second-order valence-corrected chi connectivity index (χ2v) is 10.5. The van der Waals surface area contributed by atoms with E-state index in [1.807, 2.05) is 6.07 Å². The highest BCUT2D eigenvalue weighted by Gasteiger charge is 2.38. The molecule has 162 valence electrons. The van der Waals surface area contributed by atoms with Gasteiger partial charge in [-0.3, -0.25) is 0 Å². The van der Waals surface area contributed by atoms with Crippen molar-refractivity contribution in [3.63, 3.8) is 0 Å². The highest BCUT2D eigenvalue weighted by atomic mass is 32.1. The van der Waals surface area contributed by atoms with Crippen molar-refractivity contribution in [1.29, 1.82) is 0 Å². The Balaban J connectivity index is 1.44. The van der Waals surface area contributed by atoms with Crippen LogP contribution in [0.2, 0.25) is 0 Å². The lowest BCUT2D eigenvalue weighted by molar-refractivity contribution is 0.0921. The zero-order valence-corrected chi connectivity index (χ0v) is 19.9. The molecule has 0 saturated heterocycles. The zero-order chi connectivity index (χ0) is 21.6. The molecule has 1 aromatic heterocycles. The van der Waals surface area contributed by atoms with Crippen LogP contribution in [-0.4, -0.2) is 11.6 Å². The Hall–Kier alpha value is -1.71. The summed E-state index contributed by atoms with van der Waals surface area (Å²) in [5.74, 6) is 1.84. The maximum atomic E-state index is 5.88. The number of hydrogen-bond donors (Lipinski definition) is 0. The molecule has 3 atom stereocenters. The van der Waals surface area contributed by atoms with Crippen molar-refractivity contribution in [3.05, 3.63) is 70.2 Å². The molecular weight excluding hydrogens is 386 g/mol. The quantitative estimate of drug-likeness (QED) is 0.368. The van der Waals surface area contributed by atoms with E-state index in [0.29, 0.717) is 24.4 Å². The lowest BCUT2D eigenvalue weighted by Gasteiger charge is -2.27. The molecule has 2 nitrogen and oxygen atoms in total. The van der Waals surface area contributed by atoms with E-state index in [0.717, 1.165) is 25.1 Å². The Labute approximate surface area is 187 Å². The van der Waals surface area contributed by atoms with Gasteiger partial charge in [0.1, 0.15) is 0 Å². The van der Waals surface area contributed by atoms with E-state index >= 15 is 0 Å². The Bertz CT molecular complexity index is 838. The monoisotopic (exact) mass is 423 g/mol. The normalized spacial score (nSPS) is 23.0. The second-order valence-electron chi connectivity index (χ2n) is 9.56.